The molecule has 2 rings (SSSR count). The number of amides is 2. The number of nitrogens with one attached hydrogen (secondary N) is 2. The fourth-order valence-corrected chi connectivity index (χ4v) is 3.92. The molecule has 0 aromatic heterocycles. The topological polar surface area (TPSA) is 116 Å². The molecule has 7 heteroatoms. The first-order valence-electron chi connectivity index (χ1n) is 9.81. The Kier molecular flexibility index (Phi) is 7.43. The molecule has 0 saturated heterocycles. The van der Waals surface area contributed by atoms with Gasteiger partial charge in [0, 0.05) is 18.4 Å². The molecule has 1 atom stereocenters. The normalized spacial score (nSPS) is 26.5. The SMILES string of the molecule is CC(O)(CNC(=O)C1CCC(NC(=O)CC2CCCCC2)CC1)C(=O)O. The molecule has 2 aliphatic carbocycles. The van der Waals surface area contributed by atoms with E-state index in [9.17, 15) is 19.5 Å². The predicted molar refractivity (Wildman–Crippen MR) is 96.4 cm³/mol. The fraction of sp³-hybridized carbons (Fsp3) is 0.842. The molecule has 0 aliphatic heterocycles. The summed E-state index contributed by atoms with van der Waals surface area (Å²) in [6, 6.07) is 0.122. The van der Waals surface area contributed by atoms with E-state index >= 15 is 0 Å². The van der Waals surface area contributed by atoms with Crippen LogP contribution in [0, 0.1) is 11.8 Å². The Morgan fingerprint density at radius 1 is 1.00 bits per heavy atom. The third-order valence-electron chi connectivity index (χ3n) is 5.73. The van der Waals surface area contributed by atoms with Crippen molar-refractivity contribution in [2.75, 3.05) is 6.54 Å². The van der Waals surface area contributed by atoms with Gasteiger partial charge >= 0.3 is 5.97 Å². The van der Waals surface area contributed by atoms with E-state index in [4.69, 9.17) is 5.11 Å². The van der Waals surface area contributed by atoms with Crippen molar-refractivity contribution in [3.8, 4) is 0 Å². The molecule has 2 fully saturated rings. The number of rotatable bonds is 7. The fourth-order valence-electron chi connectivity index (χ4n) is 3.92. The zero-order valence-electron chi connectivity index (χ0n) is 15.6. The molecule has 148 valence electrons. The molecule has 2 saturated carbocycles. The number of carbonyl (C=O) groups excluding carboxylic acids is 2. The molecule has 0 bridgehead atoms. The zero-order chi connectivity index (χ0) is 19.2. The molecule has 4 N–H and O–H groups in total. The van der Waals surface area contributed by atoms with Crippen LogP contribution < -0.4 is 10.6 Å². The molecular formula is C19H32N2O5. The lowest BCUT2D eigenvalue weighted by atomic mass is 9.84. The van der Waals surface area contributed by atoms with Gasteiger partial charge in [0.15, 0.2) is 5.60 Å². The summed E-state index contributed by atoms with van der Waals surface area (Å²) >= 11 is 0. The van der Waals surface area contributed by atoms with Crippen molar-refractivity contribution in [2.45, 2.75) is 82.8 Å². The Morgan fingerprint density at radius 2 is 1.62 bits per heavy atom. The monoisotopic (exact) mass is 368 g/mol. The molecule has 0 aromatic carbocycles. The van der Waals surface area contributed by atoms with Gasteiger partial charge in [0.05, 0.1) is 6.54 Å². The van der Waals surface area contributed by atoms with E-state index in [-0.39, 0.29) is 30.3 Å². The third-order valence-corrected chi connectivity index (χ3v) is 5.73. The first kappa shape index (κ1) is 20.7. The summed E-state index contributed by atoms with van der Waals surface area (Å²) in [5, 5.41) is 24.1. The van der Waals surface area contributed by atoms with Crippen LogP contribution in [0.25, 0.3) is 0 Å². The van der Waals surface area contributed by atoms with Gasteiger partial charge in [-0.1, -0.05) is 19.3 Å². The standard InChI is InChI=1S/C19H32N2O5/c1-19(26,18(24)25)12-20-17(23)14-7-9-15(10-8-14)21-16(22)11-13-5-3-2-4-6-13/h13-15,26H,2-12H2,1H3,(H,20,23)(H,21,22)(H,24,25). The van der Waals surface area contributed by atoms with Crippen molar-refractivity contribution in [1.29, 1.82) is 0 Å². The van der Waals surface area contributed by atoms with Gasteiger partial charge in [0.25, 0.3) is 0 Å². The second kappa shape index (κ2) is 9.35. The molecule has 26 heavy (non-hydrogen) atoms. The molecule has 2 amide bonds. The number of carboxylic acids is 1. The van der Waals surface area contributed by atoms with E-state index in [2.05, 4.69) is 10.6 Å². The van der Waals surface area contributed by atoms with Crippen LogP contribution in [0.5, 0.6) is 0 Å². The summed E-state index contributed by atoms with van der Waals surface area (Å²) < 4.78 is 0. The average Bonchev–Trinajstić information content (AvgIpc) is 2.61. The maximum Gasteiger partial charge on any atom is 0.337 e. The van der Waals surface area contributed by atoms with Crippen molar-refractivity contribution >= 4 is 17.8 Å². The summed E-state index contributed by atoms with van der Waals surface area (Å²) in [4.78, 5) is 35.2. The van der Waals surface area contributed by atoms with Gasteiger partial charge in [-0.15, -0.1) is 0 Å². The minimum absolute atomic E-state index is 0.122. The summed E-state index contributed by atoms with van der Waals surface area (Å²) in [5.74, 6) is -1.12. The predicted octanol–water partition coefficient (Wildman–Crippen LogP) is 1.58. The minimum Gasteiger partial charge on any atom is -0.479 e. The van der Waals surface area contributed by atoms with Crippen molar-refractivity contribution in [2.24, 2.45) is 11.8 Å². The van der Waals surface area contributed by atoms with E-state index in [1.54, 1.807) is 0 Å². The third kappa shape index (κ3) is 6.27. The number of aliphatic hydroxyl groups is 1. The Hall–Kier alpha value is -1.63. The average molecular weight is 368 g/mol. The van der Waals surface area contributed by atoms with Crippen LogP contribution in [0.2, 0.25) is 0 Å². The molecule has 7 nitrogen and oxygen atoms in total. The van der Waals surface area contributed by atoms with Crippen molar-refractivity contribution in [3.63, 3.8) is 0 Å². The summed E-state index contributed by atoms with van der Waals surface area (Å²) in [6.07, 6.45) is 9.50. The van der Waals surface area contributed by atoms with Crippen LogP contribution in [-0.4, -0.2) is 46.2 Å². The van der Waals surface area contributed by atoms with Crippen molar-refractivity contribution < 1.29 is 24.6 Å². The highest BCUT2D eigenvalue weighted by atomic mass is 16.4. The van der Waals surface area contributed by atoms with Crippen LogP contribution in [0.1, 0.15) is 71.1 Å². The van der Waals surface area contributed by atoms with Gasteiger partial charge in [-0.2, -0.15) is 0 Å². The first-order chi connectivity index (χ1) is 12.3. The Balaban J connectivity index is 1.67. The van der Waals surface area contributed by atoms with Crippen LogP contribution in [0.4, 0.5) is 0 Å². The lowest BCUT2D eigenvalue weighted by Crippen LogP contribution is -2.48. The summed E-state index contributed by atoms with van der Waals surface area (Å²) in [6.45, 7) is 0.855. The van der Waals surface area contributed by atoms with E-state index in [0.29, 0.717) is 25.2 Å². The number of hydrogen-bond donors (Lipinski definition) is 4. The largest absolute Gasteiger partial charge is 0.479 e. The number of carbonyl (C=O) groups is 3. The highest BCUT2D eigenvalue weighted by Crippen LogP contribution is 2.27. The van der Waals surface area contributed by atoms with Crippen LogP contribution in [0.3, 0.4) is 0 Å². The number of carboxylic acid groups (broad SMARTS) is 1. The van der Waals surface area contributed by atoms with E-state index in [1.165, 1.54) is 19.3 Å². The van der Waals surface area contributed by atoms with Gasteiger partial charge in [0.1, 0.15) is 0 Å². The van der Waals surface area contributed by atoms with Crippen molar-refractivity contribution in [1.82, 2.24) is 10.6 Å². The Morgan fingerprint density at radius 3 is 2.19 bits per heavy atom. The van der Waals surface area contributed by atoms with Gasteiger partial charge in [-0.05, 0) is 51.4 Å². The Bertz CT molecular complexity index is 506. The van der Waals surface area contributed by atoms with Gasteiger partial charge in [0.2, 0.25) is 11.8 Å². The van der Waals surface area contributed by atoms with Crippen molar-refractivity contribution in [3.05, 3.63) is 0 Å². The summed E-state index contributed by atoms with van der Waals surface area (Å²) in [7, 11) is 0. The molecule has 0 aromatic rings. The molecule has 1 unspecified atom stereocenters. The van der Waals surface area contributed by atoms with E-state index < -0.39 is 11.6 Å². The quantitative estimate of drug-likeness (QED) is 0.544. The molecule has 0 spiro atoms. The highest BCUT2D eigenvalue weighted by molar-refractivity contribution is 5.81. The molecular weight excluding hydrogens is 336 g/mol. The van der Waals surface area contributed by atoms with Gasteiger partial charge in [-0.25, -0.2) is 4.79 Å². The summed E-state index contributed by atoms with van der Waals surface area (Å²) in [5.41, 5.74) is -1.96. The smallest absolute Gasteiger partial charge is 0.337 e. The zero-order valence-corrected chi connectivity index (χ0v) is 15.6. The van der Waals surface area contributed by atoms with Crippen LogP contribution in [0.15, 0.2) is 0 Å². The first-order valence-corrected chi connectivity index (χ1v) is 9.81. The van der Waals surface area contributed by atoms with Gasteiger partial charge < -0.3 is 20.8 Å². The maximum absolute atomic E-state index is 12.2. The van der Waals surface area contributed by atoms with E-state index in [1.807, 2.05) is 0 Å². The number of aliphatic carboxylic acids is 1. The van der Waals surface area contributed by atoms with E-state index in [0.717, 1.165) is 32.6 Å². The number of hydrogen-bond acceptors (Lipinski definition) is 4. The lowest BCUT2D eigenvalue weighted by molar-refractivity contribution is -0.156. The Labute approximate surface area is 154 Å². The van der Waals surface area contributed by atoms with Gasteiger partial charge in [-0.3, -0.25) is 9.59 Å². The highest BCUT2D eigenvalue weighted by Gasteiger charge is 2.33. The lowest BCUT2D eigenvalue weighted by Gasteiger charge is -2.30. The molecule has 2 aliphatic rings. The maximum atomic E-state index is 12.2. The molecule has 0 radical (unpaired) electrons. The second-order valence-corrected chi connectivity index (χ2v) is 8.12. The van der Waals surface area contributed by atoms with Crippen LogP contribution in [-0.2, 0) is 14.4 Å². The second-order valence-electron chi connectivity index (χ2n) is 8.12. The molecule has 0 heterocycles. The minimum atomic E-state index is -1.96. The van der Waals surface area contributed by atoms with Crippen LogP contribution >= 0.6 is 0 Å².